The fourth-order valence-corrected chi connectivity index (χ4v) is 3.30. The Morgan fingerprint density at radius 2 is 2.06 bits per heavy atom. The number of carboxylic acids is 1. The quantitative estimate of drug-likeness (QED) is 0.907. The van der Waals surface area contributed by atoms with Gasteiger partial charge in [0.1, 0.15) is 0 Å². The summed E-state index contributed by atoms with van der Waals surface area (Å²) in [5.74, 6) is -0.0427. The van der Waals surface area contributed by atoms with Gasteiger partial charge in [0, 0.05) is 10.9 Å². The highest BCUT2D eigenvalue weighted by Gasteiger charge is 2.19. The largest absolute Gasteiger partial charge is 0.481 e. The van der Waals surface area contributed by atoms with E-state index in [1.807, 2.05) is 0 Å². The SMILES string of the molecule is O=C(O)CCc1ccc(C2CCCC2)c(Br)c1. The van der Waals surface area contributed by atoms with Crippen LogP contribution in [-0.4, -0.2) is 11.1 Å². The molecule has 3 heteroatoms. The van der Waals surface area contributed by atoms with Gasteiger partial charge in [-0.1, -0.05) is 40.9 Å². The number of hydrogen-bond donors (Lipinski definition) is 1. The first-order chi connectivity index (χ1) is 8.16. The van der Waals surface area contributed by atoms with Gasteiger partial charge in [-0.25, -0.2) is 0 Å². The molecule has 0 bridgehead atoms. The Morgan fingerprint density at radius 1 is 1.35 bits per heavy atom. The van der Waals surface area contributed by atoms with Crippen LogP contribution in [0, 0.1) is 0 Å². The number of benzene rings is 1. The predicted molar refractivity (Wildman–Crippen MR) is 71.3 cm³/mol. The van der Waals surface area contributed by atoms with Crippen molar-refractivity contribution in [1.82, 2.24) is 0 Å². The standard InChI is InChI=1S/C14H17BrO2/c15-13-9-10(6-8-14(16)17)5-7-12(13)11-3-1-2-4-11/h5,7,9,11H,1-4,6,8H2,(H,16,17). The number of rotatable bonds is 4. The Balaban J connectivity index is 2.08. The summed E-state index contributed by atoms with van der Waals surface area (Å²) < 4.78 is 1.15. The van der Waals surface area contributed by atoms with E-state index in [1.54, 1.807) is 0 Å². The molecule has 2 nitrogen and oxygen atoms in total. The maximum Gasteiger partial charge on any atom is 0.303 e. The summed E-state index contributed by atoms with van der Waals surface area (Å²) in [7, 11) is 0. The highest BCUT2D eigenvalue weighted by atomic mass is 79.9. The van der Waals surface area contributed by atoms with E-state index in [9.17, 15) is 4.79 Å². The third-order valence-corrected chi connectivity index (χ3v) is 4.17. The molecule has 1 aromatic carbocycles. The minimum Gasteiger partial charge on any atom is -0.481 e. The van der Waals surface area contributed by atoms with Gasteiger partial charge in [0.15, 0.2) is 0 Å². The normalized spacial score (nSPS) is 16.3. The van der Waals surface area contributed by atoms with E-state index >= 15 is 0 Å². The minimum absolute atomic E-state index is 0.204. The molecule has 0 atom stereocenters. The Labute approximate surface area is 110 Å². The van der Waals surface area contributed by atoms with Crippen LogP contribution in [0.15, 0.2) is 22.7 Å². The van der Waals surface area contributed by atoms with Gasteiger partial charge in [-0.05, 0) is 42.4 Å². The second kappa shape index (κ2) is 5.67. The van der Waals surface area contributed by atoms with Crippen molar-refractivity contribution < 1.29 is 9.90 Å². The maximum absolute atomic E-state index is 10.5. The van der Waals surface area contributed by atoms with Crippen molar-refractivity contribution in [3.05, 3.63) is 33.8 Å². The number of hydrogen-bond acceptors (Lipinski definition) is 1. The lowest BCUT2D eigenvalue weighted by Crippen LogP contribution is -1.99. The van der Waals surface area contributed by atoms with Crippen molar-refractivity contribution in [2.45, 2.75) is 44.4 Å². The van der Waals surface area contributed by atoms with Crippen molar-refractivity contribution in [1.29, 1.82) is 0 Å². The average molecular weight is 297 g/mol. The molecular weight excluding hydrogens is 280 g/mol. The summed E-state index contributed by atoms with van der Waals surface area (Å²) in [4.78, 5) is 10.5. The molecular formula is C14H17BrO2. The topological polar surface area (TPSA) is 37.3 Å². The van der Waals surface area contributed by atoms with E-state index in [1.165, 1.54) is 31.2 Å². The van der Waals surface area contributed by atoms with Crippen molar-refractivity contribution in [2.75, 3.05) is 0 Å². The highest BCUT2D eigenvalue weighted by Crippen LogP contribution is 2.37. The number of carboxylic acid groups (broad SMARTS) is 1. The summed E-state index contributed by atoms with van der Waals surface area (Å²) in [6, 6.07) is 6.31. The average Bonchev–Trinajstić information content (AvgIpc) is 2.79. The third kappa shape index (κ3) is 3.32. The molecule has 0 aromatic heterocycles. The lowest BCUT2D eigenvalue weighted by atomic mass is 9.96. The minimum atomic E-state index is -0.735. The van der Waals surface area contributed by atoms with E-state index < -0.39 is 5.97 Å². The molecule has 0 unspecified atom stereocenters. The monoisotopic (exact) mass is 296 g/mol. The van der Waals surface area contributed by atoms with Crippen molar-refractivity contribution >= 4 is 21.9 Å². The van der Waals surface area contributed by atoms with Crippen LogP contribution in [0.3, 0.4) is 0 Å². The first-order valence-electron chi connectivity index (χ1n) is 6.17. The molecule has 0 heterocycles. The van der Waals surface area contributed by atoms with Gasteiger partial charge >= 0.3 is 5.97 Å². The summed E-state index contributed by atoms with van der Waals surface area (Å²) >= 11 is 3.62. The molecule has 0 aliphatic heterocycles. The van der Waals surface area contributed by atoms with Crippen LogP contribution in [0.1, 0.15) is 49.1 Å². The second-order valence-electron chi connectivity index (χ2n) is 4.73. The van der Waals surface area contributed by atoms with Gasteiger partial charge in [0.05, 0.1) is 0 Å². The Bertz CT molecular complexity index is 409. The van der Waals surface area contributed by atoms with Crippen molar-refractivity contribution in [2.24, 2.45) is 0 Å². The van der Waals surface area contributed by atoms with Gasteiger partial charge in [0.2, 0.25) is 0 Å². The molecule has 2 rings (SSSR count). The lowest BCUT2D eigenvalue weighted by Gasteiger charge is -2.13. The third-order valence-electron chi connectivity index (χ3n) is 3.49. The van der Waals surface area contributed by atoms with E-state index in [-0.39, 0.29) is 6.42 Å². The lowest BCUT2D eigenvalue weighted by molar-refractivity contribution is -0.136. The van der Waals surface area contributed by atoms with Crippen LogP contribution in [0.4, 0.5) is 0 Å². The number of carbonyl (C=O) groups is 1. The Morgan fingerprint density at radius 3 is 2.65 bits per heavy atom. The second-order valence-corrected chi connectivity index (χ2v) is 5.59. The van der Waals surface area contributed by atoms with Crippen LogP contribution in [0.2, 0.25) is 0 Å². The number of aliphatic carboxylic acids is 1. The molecule has 92 valence electrons. The van der Waals surface area contributed by atoms with Crippen LogP contribution in [0.5, 0.6) is 0 Å². The summed E-state index contributed by atoms with van der Waals surface area (Å²) in [5, 5.41) is 8.66. The summed E-state index contributed by atoms with van der Waals surface area (Å²) in [5.41, 5.74) is 2.49. The van der Waals surface area contributed by atoms with Crippen molar-refractivity contribution in [3.63, 3.8) is 0 Å². The van der Waals surface area contributed by atoms with Gasteiger partial charge in [0.25, 0.3) is 0 Å². The van der Waals surface area contributed by atoms with E-state index in [0.29, 0.717) is 12.3 Å². The van der Waals surface area contributed by atoms with Crippen LogP contribution in [0.25, 0.3) is 0 Å². The zero-order valence-electron chi connectivity index (χ0n) is 9.79. The fourth-order valence-electron chi connectivity index (χ4n) is 2.55. The Kier molecular flexibility index (Phi) is 4.21. The van der Waals surface area contributed by atoms with Gasteiger partial charge < -0.3 is 5.11 Å². The fraction of sp³-hybridized carbons (Fsp3) is 0.500. The van der Waals surface area contributed by atoms with Crippen molar-refractivity contribution in [3.8, 4) is 0 Å². The molecule has 1 saturated carbocycles. The van der Waals surface area contributed by atoms with E-state index in [4.69, 9.17) is 5.11 Å². The zero-order valence-corrected chi connectivity index (χ0v) is 11.4. The molecule has 0 spiro atoms. The molecule has 1 aromatic rings. The van der Waals surface area contributed by atoms with E-state index in [2.05, 4.69) is 34.1 Å². The summed E-state index contributed by atoms with van der Waals surface area (Å²) in [6.07, 6.45) is 6.05. The first kappa shape index (κ1) is 12.6. The molecule has 1 aliphatic carbocycles. The highest BCUT2D eigenvalue weighted by molar-refractivity contribution is 9.10. The summed E-state index contributed by atoms with van der Waals surface area (Å²) in [6.45, 7) is 0. The molecule has 0 saturated heterocycles. The van der Waals surface area contributed by atoms with Gasteiger partial charge in [-0.15, -0.1) is 0 Å². The molecule has 1 aliphatic rings. The Hall–Kier alpha value is -0.830. The van der Waals surface area contributed by atoms with E-state index in [0.717, 1.165) is 10.0 Å². The first-order valence-corrected chi connectivity index (χ1v) is 6.96. The van der Waals surface area contributed by atoms with Gasteiger partial charge in [-0.3, -0.25) is 4.79 Å². The molecule has 0 amide bonds. The number of aryl methyl sites for hydroxylation is 1. The zero-order chi connectivity index (χ0) is 12.3. The number of halogens is 1. The van der Waals surface area contributed by atoms with Crippen LogP contribution < -0.4 is 0 Å². The molecule has 17 heavy (non-hydrogen) atoms. The maximum atomic E-state index is 10.5. The molecule has 0 radical (unpaired) electrons. The molecule has 1 fully saturated rings. The smallest absolute Gasteiger partial charge is 0.303 e. The molecule has 1 N–H and O–H groups in total. The predicted octanol–water partition coefficient (Wildman–Crippen LogP) is 4.12. The van der Waals surface area contributed by atoms with Crippen LogP contribution >= 0.6 is 15.9 Å². The van der Waals surface area contributed by atoms with Crippen LogP contribution in [-0.2, 0) is 11.2 Å². The van der Waals surface area contributed by atoms with Gasteiger partial charge in [-0.2, -0.15) is 0 Å².